The second-order valence-electron chi connectivity index (χ2n) is 7.01. The van der Waals surface area contributed by atoms with Crippen LogP contribution in [-0.4, -0.2) is 42.5 Å². The maximum absolute atomic E-state index is 12.1. The number of rotatable bonds is 5. The van der Waals surface area contributed by atoms with Gasteiger partial charge in [0.1, 0.15) is 5.01 Å². The van der Waals surface area contributed by atoms with Crippen molar-refractivity contribution in [1.29, 1.82) is 0 Å². The van der Waals surface area contributed by atoms with Gasteiger partial charge in [-0.1, -0.05) is 40.8 Å². The van der Waals surface area contributed by atoms with Crippen LogP contribution in [0.4, 0.5) is 5.95 Å². The van der Waals surface area contributed by atoms with Crippen molar-refractivity contribution in [2.24, 2.45) is 0 Å². The third-order valence-electron chi connectivity index (χ3n) is 4.81. The van der Waals surface area contributed by atoms with E-state index in [4.69, 9.17) is 11.6 Å². The third kappa shape index (κ3) is 3.70. The number of benzene rings is 1. The van der Waals surface area contributed by atoms with E-state index in [1.807, 2.05) is 35.8 Å². The van der Waals surface area contributed by atoms with Crippen LogP contribution in [0.15, 0.2) is 40.3 Å². The summed E-state index contributed by atoms with van der Waals surface area (Å²) in [4.78, 5) is 19.4. The van der Waals surface area contributed by atoms with Gasteiger partial charge in [-0.15, -0.1) is 10.2 Å². The summed E-state index contributed by atoms with van der Waals surface area (Å²) in [7, 11) is 0. The Morgan fingerprint density at radius 3 is 2.83 bits per heavy atom. The minimum absolute atomic E-state index is 0.164. The van der Waals surface area contributed by atoms with Crippen LogP contribution in [0.5, 0.6) is 0 Å². The Bertz CT molecular complexity index is 1280. The highest BCUT2D eigenvalue weighted by Crippen LogP contribution is 2.31. The van der Waals surface area contributed by atoms with Crippen LogP contribution in [0, 0.1) is 6.92 Å². The van der Waals surface area contributed by atoms with E-state index in [1.54, 1.807) is 0 Å². The molecule has 1 fully saturated rings. The smallest absolute Gasteiger partial charge is 0.275 e. The number of hydrogen-bond acceptors (Lipinski definition) is 8. The molecule has 1 aliphatic rings. The van der Waals surface area contributed by atoms with Gasteiger partial charge in [0.25, 0.3) is 5.56 Å². The zero-order valence-electron chi connectivity index (χ0n) is 16.2. The molecule has 11 heteroatoms. The van der Waals surface area contributed by atoms with Gasteiger partial charge in [-0.05, 0) is 38.0 Å². The number of aromatic nitrogens is 6. The first-order valence-corrected chi connectivity index (χ1v) is 11.7. The van der Waals surface area contributed by atoms with Crippen LogP contribution < -0.4 is 10.5 Å². The summed E-state index contributed by atoms with van der Waals surface area (Å²) in [6.45, 7) is 3.74. The van der Waals surface area contributed by atoms with E-state index in [0.29, 0.717) is 21.4 Å². The summed E-state index contributed by atoms with van der Waals surface area (Å²) < 4.78 is 3.40. The Labute approximate surface area is 185 Å². The fraction of sp³-hybridized carbons (Fsp3) is 0.316. The minimum Gasteiger partial charge on any atom is -0.341 e. The van der Waals surface area contributed by atoms with E-state index in [-0.39, 0.29) is 5.56 Å². The van der Waals surface area contributed by atoms with Crippen molar-refractivity contribution in [3.8, 4) is 5.69 Å². The van der Waals surface area contributed by atoms with Gasteiger partial charge in [-0.2, -0.15) is 9.61 Å². The predicted octanol–water partition coefficient (Wildman–Crippen LogP) is 3.59. The third-order valence-corrected chi connectivity index (χ3v) is 7.08. The maximum atomic E-state index is 12.1. The molecule has 5 rings (SSSR count). The van der Waals surface area contributed by atoms with Gasteiger partial charge >= 0.3 is 0 Å². The number of hydrogen-bond donors (Lipinski definition) is 0. The van der Waals surface area contributed by atoms with E-state index in [9.17, 15) is 4.79 Å². The van der Waals surface area contributed by atoms with Crippen molar-refractivity contribution in [1.82, 2.24) is 29.4 Å². The lowest BCUT2D eigenvalue weighted by Gasteiger charge is -2.18. The van der Waals surface area contributed by atoms with Crippen LogP contribution in [0.3, 0.4) is 0 Å². The molecule has 0 bridgehead atoms. The van der Waals surface area contributed by atoms with Crippen molar-refractivity contribution in [3.63, 3.8) is 0 Å². The van der Waals surface area contributed by atoms with Crippen LogP contribution in [0.1, 0.15) is 23.5 Å². The quantitative estimate of drug-likeness (QED) is 0.422. The zero-order valence-corrected chi connectivity index (χ0v) is 18.5. The number of halogens is 1. The first-order valence-electron chi connectivity index (χ1n) is 9.54. The molecule has 0 N–H and O–H groups in total. The van der Waals surface area contributed by atoms with E-state index >= 15 is 0 Å². The van der Waals surface area contributed by atoms with Crippen molar-refractivity contribution < 1.29 is 0 Å². The molecule has 0 saturated carbocycles. The number of thioether (sulfide) groups is 1. The molecule has 0 unspecified atom stereocenters. The van der Waals surface area contributed by atoms with Crippen molar-refractivity contribution >= 4 is 45.6 Å². The Balaban J connectivity index is 1.48. The molecule has 1 saturated heterocycles. The lowest BCUT2D eigenvalue weighted by atomic mass is 10.3. The monoisotopic (exact) mass is 459 g/mol. The second-order valence-corrected chi connectivity index (χ2v) is 9.43. The normalized spacial score (nSPS) is 14.1. The number of aryl methyl sites for hydroxylation is 1. The van der Waals surface area contributed by atoms with Gasteiger partial charge in [0.15, 0.2) is 5.16 Å². The molecular weight excluding hydrogens is 442 g/mol. The molecule has 0 amide bonds. The molecule has 0 atom stereocenters. The van der Waals surface area contributed by atoms with E-state index in [1.165, 1.54) is 33.7 Å². The zero-order chi connectivity index (χ0) is 20.7. The molecule has 0 aliphatic carbocycles. The second kappa shape index (κ2) is 8.01. The lowest BCUT2D eigenvalue weighted by molar-refractivity contribution is 0.839. The first-order chi connectivity index (χ1) is 14.6. The Hall–Kier alpha value is -2.43. The number of anilines is 1. The highest BCUT2D eigenvalue weighted by Gasteiger charge is 2.23. The largest absolute Gasteiger partial charge is 0.341 e. The first kappa shape index (κ1) is 19.5. The van der Waals surface area contributed by atoms with Crippen LogP contribution in [0.2, 0.25) is 5.02 Å². The van der Waals surface area contributed by atoms with Gasteiger partial charge in [-0.25, -0.2) is 4.98 Å². The average molecular weight is 460 g/mol. The molecule has 0 spiro atoms. The molecule has 4 heterocycles. The van der Waals surface area contributed by atoms with E-state index < -0.39 is 0 Å². The lowest BCUT2D eigenvalue weighted by Crippen LogP contribution is -2.22. The van der Waals surface area contributed by atoms with E-state index in [0.717, 1.165) is 47.7 Å². The van der Waals surface area contributed by atoms with Gasteiger partial charge < -0.3 is 4.90 Å². The standard InChI is InChI=1S/C19H18ClN7OS2/c1-12-9-16(28)27-18(21-12)30-15(24-27)11-29-19-23-22-17(25-7-2-3-8-25)26(19)14-6-4-5-13(20)10-14/h4-6,9-10H,2-3,7-8,11H2,1H3. The highest BCUT2D eigenvalue weighted by atomic mass is 35.5. The highest BCUT2D eigenvalue weighted by molar-refractivity contribution is 7.98. The molecular formula is C19H18ClN7OS2. The number of nitrogens with zero attached hydrogens (tertiary/aromatic N) is 7. The molecule has 4 aromatic rings. The van der Waals surface area contributed by atoms with Crippen molar-refractivity contribution in [3.05, 3.63) is 56.4 Å². The number of fused-ring (bicyclic) bond motifs is 1. The average Bonchev–Trinajstić information content (AvgIpc) is 3.45. The fourth-order valence-corrected chi connectivity index (χ4v) is 5.53. The van der Waals surface area contributed by atoms with Crippen molar-refractivity contribution in [2.45, 2.75) is 30.7 Å². The SMILES string of the molecule is Cc1cc(=O)n2nc(CSc3nnc(N4CCCC4)n3-c3cccc(Cl)c3)sc2n1. The van der Waals surface area contributed by atoms with E-state index in [2.05, 4.69) is 25.2 Å². The molecule has 0 radical (unpaired) electrons. The molecule has 1 aliphatic heterocycles. The summed E-state index contributed by atoms with van der Waals surface area (Å²) in [6, 6.07) is 9.18. The Kier molecular flexibility index (Phi) is 5.21. The Morgan fingerprint density at radius 2 is 2.03 bits per heavy atom. The molecule has 154 valence electrons. The van der Waals surface area contributed by atoms with Gasteiger partial charge in [0, 0.05) is 29.9 Å². The van der Waals surface area contributed by atoms with Gasteiger partial charge in [-0.3, -0.25) is 9.36 Å². The summed E-state index contributed by atoms with van der Waals surface area (Å²) in [5, 5.41) is 15.6. The summed E-state index contributed by atoms with van der Waals surface area (Å²) in [5.41, 5.74) is 1.46. The van der Waals surface area contributed by atoms with Crippen LogP contribution in [-0.2, 0) is 5.75 Å². The molecule has 30 heavy (non-hydrogen) atoms. The van der Waals surface area contributed by atoms with Crippen LogP contribution in [0.25, 0.3) is 10.6 Å². The van der Waals surface area contributed by atoms with Crippen LogP contribution >= 0.6 is 34.7 Å². The minimum atomic E-state index is -0.164. The molecule has 3 aromatic heterocycles. The molecule has 8 nitrogen and oxygen atoms in total. The summed E-state index contributed by atoms with van der Waals surface area (Å²) in [6.07, 6.45) is 2.30. The summed E-state index contributed by atoms with van der Waals surface area (Å²) in [5.74, 6) is 1.39. The summed E-state index contributed by atoms with van der Waals surface area (Å²) >= 11 is 9.19. The molecule has 1 aromatic carbocycles. The van der Waals surface area contributed by atoms with Crippen molar-refractivity contribution in [2.75, 3.05) is 18.0 Å². The maximum Gasteiger partial charge on any atom is 0.275 e. The Morgan fingerprint density at radius 1 is 1.20 bits per heavy atom. The van der Waals surface area contributed by atoms with Gasteiger partial charge in [0.05, 0.1) is 11.4 Å². The predicted molar refractivity (Wildman–Crippen MR) is 119 cm³/mol. The fourth-order valence-electron chi connectivity index (χ4n) is 3.46. The topological polar surface area (TPSA) is 81.2 Å². The van der Waals surface area contributed by atoms with Gasteiger partial charge in [0.2, 0.25) is 10.9 Å².